The van der Waals surface area contributed by atoms with Gasteiger partial charge in [-0.3, -0.25) is 37.3 Å². The Hall–Kier alpha value is -6.36. The van der Waals surface area contributed by atoms with Gasteiger partial charge in [-0.2, -0.15) is 0 Å². The summed E-state index contributed by atoms with van der Waals surface area (Å²) in [6.45, 7) is 4.12. The molecule has 3 N–H and O–H groups in total. The Labute approximate surface area is 614 Å². The van der Waals surface area contributed by atoms with Crippen LogP contribution in [0.25, 0.3) is 0 Å². The van der Waals surface area contributed by atoms with Crippen LogP contribution in [-0.4, -0.2) is 96.7 Å². The minimum Gasteiger partial charge on any atom is -0.462 e. The second-order valence-electron chi connectivity index (χ2n) is 23.8. The minimum atomic E-state index is -5.03. The number of carbonyl (C=O) groups excluding carboxylic acids is 4. The van der Waals surface area contributed by atoms with E-state index in [1.807, 2.05) is 30.4 Å². The molecule has 0 amide bonds. The molecule has 0 heterocycles. The second-order valence-corrected chi connectivity index (χ2v) is 26.7. The Morgan fingerprint density at radius 2 is 0.559 bits per heavy atom. The van der Waals surface area contributed by atoms with Crippen molar-refractivity contribution in [2.75, 3.05) is 39.6 Å². The van der Waals surface area contributed by atoms with Crippen LogP contribution in [0.3, 0.4) is 0 Å². The number of phosphoric ester groups is 2. The van der Waals surface area contributed by atoms with Crippen molar-refractivity contribution in [2.45, 2.75) is 251 Å². The van der Waals surface area contributed by atoms with Gasteiger partial charge < -0.3 is 33.8 Å². The number of unbranched alkanes of at least 4 members (excludes halogenated alkanes) is 9. The SMILES string of the molecule is CC/C=C\C/C=C\C/C=C\C/C=C\C/C=C\CCCCCC(=O)OCC(COP(=O)(O)OCC(O)COP(=O)(O)OCC(COC(=O)C/C=C\C/C=C\C/C=C\C/C=C\C/C=C\CC)OC(=O)CCCCCCC/C=C\C/C=C\CCC)OC(=O)C/C=C\C/C=C\C/C=C\C/C=C\C/C=C\CC. The van der Waals surface area contributed by atoms with Crippen molar-refractivity contribution in [1.82, 2.24) is 0 Å². The molecule has 5 unspecified atom stereocenters. The summed E-state index contributed by atoms with van der Waals surface area (Å²) in [5.41, 5.74) is 0. The number of allylic oxidation sites excluding steroid dienone is 32. The van der Waals surface area contributed by atoms with Crippen molar-refractivity contribution in [2.24, 2.45) is 0 Å². The van der Waals surface area contributed by atoms with E-state index in [9.17, 15) is 43.2 Å². The normalized spacial score (nSPS) is 15.1. The molecule has 0 aliphatic heterocycles. The highest BCUT2D eigenvalue weighted by atomic mass is 31.2. The average Bonchev–Trinajstić information content (AvgIpc) is 0.924. The van der Waals surface area contributed by atoms with E-state index in [1.54, 1.807) is 18.2 Å². The van der Waals surface area contributed by atoms with Gasteiger partial charge in [0.25, 0.3) is 0 Å². The highest BCUT2D eigenvalue weighted by Crippen LogP contribution is 2.45. The molecule has 102 heavy (non-hydrogen) atoms. The first-order valence-corrected chi connectivity index (χ1v) is 40.3. The van der Waals surface area contributed by atoms with Crippen LogP contribution in [0, 0.1) is 0 Å². The molecule has 0 aliphatic rings. The second kappa shape index (κ2) is 73.0. The lowest BCUT2D eigenvalue weighted by atomic mass is 10.1. The maximum absolute atomic E-state index is 13.1. The fourth-order valence-electron chi connectivity index (χ4n) is 8.72. The van der Waals surface area contributed by atoms with Gasteiger partial charge in [0, 0.05) is 12.8 Å². The molecule has 572 valence electrons. The third-order valence-electron chi connectivity index (χ3n) is 14.3. The molecule has 17 nitrogen and oxygen atoms in total. The Balaban J connectivity index is 5.55. The molecule has 0 rings (SSSR count). The molecular formula is C83H128O17P2. The number of esters is 4. The fraction of sp³-hybridized carbons (Fsp3) is 0.542. The lowest BCUT2D eigenvalue weighted by Gasteiger charge is -2.21. The predicted octanol–water partition coefficient (Wildman–Crippen LogP) is 21.5. The molecular weight excluding hydrogens is 1330 g/mol. The van der Waals surface area contributed by atoms with E-state index >= 15 is 0 Å². The number of ether oxygens (including phenoxy) is 4. The largest absolute Gasteiger partial charge is 0.472 e. The molecule has 0 saturated heterocycles. The van der Waals surface area contributed by atoms with Gasteiger partial charge in [-0.25, -0.2) is 9.13 Å². The summed E-state index contributed by atoms with van der Waals surface area (Å²) < 4.78 is 68.1. The number of phosphoric acid groups is 2. The van der Waals surface area contributed by atoms with Gasteiger partial charge >= 0.3 is 39.5 Å². The lowest BCUT2D eigenvalue weighted by Crippen LogP contribution is -2.30. The summed E-state index contributed by atoms with van der Waals surface area (Å²) in [6, 6.07) is 0. The van der Waals surface area contributed by atoms with Crippen LogP contribution < -0.4 is 0 Å². The first-order chi connectivity index (χ1) is 49.7. The predicted molar refractivity (Wildman–Crippen MR) is 417 cm³/mol. The summed E-state index contributed by atoms with van der Waals surface area (Å²) in [6.07, 6.45) is 90.4. The van der Waals surface area contributed by atoms with Crippen LogP contribution in [0.2, 0.25) is 0 Å². The third-order valence-corrected chi connectivity index (χ3v) is 16.2. The van der Waals surface area contributed by atoms with Crippen molar-refractivity contribution < 1.29 is 80.2 Å². The molecule has 0 aromatic carbocycles. The van der Waals surface area contributed by atoms with Crippen LogP contribution in [0.5, 0.6) is 0 Å². The standard InChI is InChI=1S/C83H128O17P2/c1-5-9-13-17-21-25-29-33-36-37-38-39-42-45-48-52-56-60-64-68-81(86)94-74-79(100-83(88)70-66-62-58-54-50-46-41-35-31-27-23-19-15-11-7-3)76-98-102(91,92)96-72-77(84)71-95-101(89,90)97-75-78(99-82(87)69-65-61-57-53-49-43-32-28-24-20-16-12-8-4)73-93-80(85)67-63-59-55-51-47-44-40-34-30-26-22-18-14-10-6-2/h9-11,13-16,20-23,25-28,32-36,38-41,45,47-48,50-51,54,59,62-63,66,77-79,84H,5-8,12,17-19,24,29-31,37,42-44,46,49,52-53,55-58,60-61,64-65,67-76H2,1-4H3,(H,89,90)(H,91,92)/b13-9-,14-10-,15-11-,20-16-,25-21-,26-22-,27-23-,32-28-,36-33-,39-38-,40-34-,41-35-,48-45-,51-47-,54-50-,63-59-,66-62-. The van der Waals surface area contributed by atoms with Gasteiger partial charge in [-0.1, -0.05) is 266 Å². The molecule has 5 atom stereocenters. The van der Waals surface area contributed by atoms with Gasteiger partial charge in [0.2, 0.25) is 0 Å². The molecule has 0 aliphatic carbocycles. The third kappa shape index (κ3) is 72.0. The number of rotatable bonds is 67. The molecule has 0 saturated carbocycles. The molecule has 0 bridgehead atoms. The number of carbonyl (C=O) groups is 4. The van der Waals surface area contributed by atoms with Crippen LogP contribution in [0.4, 0.5) is 0 Å². The zero-order chi connectivity index (χ0) is 74.6. The van der Waals surface area contributed by atoms with Crippen molar-refractivity contribution >= 4 is 39.5 Å². The van der Waals surface area contributed by atoms with E-state index in [0.717, 1.165) is 154 Å². The fourth-order valence-corrected chi connectivity index (χ4v) is 10.3. The average molecular weight is 1460 g/mol. The van der Waals surface area contributed by atoms with Crippen molar-refractivity contribution in [3.8, 4) is 0 Å². The van der Waals surface area contributed by atoms with Crippen LogP contribution >= 0.6 is 15.6 Å². The first kappa shape index (κ1) is 95.6. The van der Waals surface area contributed by atoms with Crippen molar-refractivity contribution in [1.29, 1.82) is 0 Å². The molecule has 0 aromatic heterocycles. The highest BCUT2D eigenvalue weighted by molar-refractivity contribution is 7.47. The zero-order valence-corrected chi connectivity index (χ0v) is 64.0. The maximum Gasteiger partial charge on any atom is 0.472 e. The lowest BCUT2D eigenvalue weighted by molar-refractivity contribution is -0.160. The maximum atomic E-state index is 13.1. The number of aliphatic hydroxyl groups excluding tert-OH is 1. The topological polar surface area (TPSA) is 237 Å². The van der Waals surface area contributed by atoms with E-state index in [4.69, 9.17) is 37.0 Å². The van der Waals surface area contributed by atoms with E-state index < -0.39 is 97.5 Å². The molecule has 0 aromatic rings. The Bertz CT molecular complexity index is 2750. The van der Waals surface area contributed by atoms with Gasteiger partial charge in [-0.05, 0) is 148 Å². The van der Waals surface area contributed by atoms with E-state index in [2.05, 4.69) is 186 Å². The van der Waals surface area contributed by atoms with E-state index in [0.29, 0.717) is 25.7 Å². The molecule has 19 heteroatoms. The molecule has 0 spiro atoms. The monoisotopic (exact) mass is 1460 g/mol. The van der Waals surface area contributed by atoms with Crippen molar-refractivity contribution in [3.63, 3.8) is 0 Å². The van der Waals surface area contributed by atoms with E-state index in [1.165, 1.54) is 0 Å². The van der Waals surface area contributed by atoms with Crippen LogP contribution in [0.15, 0.2) is 207 Å². The summed E-state index contributed by atoms with van der Waals surface area (Å²) >= 11 is 0. The van der Waals surface area contributed by atoms with E-state index in [-0.39, 0.29) is 25.7 Å². The smallest absolute Gasteiger partial charge is 0.462 e. The van der Waals surface area contributed by atoms with Gasteiger partial charge in [-0.15, -0.1) is 0 Å². The van der Waals surface area contributed by atoms with Gasteiger partial charge in [0.15, 0.2) is 12.2 Å². The summed E-state index contributed by atoms with van der Waals surface area (Å²) in [5.74, 6) is -2.56. The van der Waals surface area contributed by atoms with Crippen molar-refractivity contribution in [3.05, 3.63) is 207 Å². The summed E-state index contributed by atoms with van der Waals surface area (Å²) in [4.78, 5) is 72.7. The zero-order valence-electron chi connectivity index (χ0n) is 62.2. The number of aliphatic hydroxyl groups is 1. The van der Waals surface area contributed by atoms with Crippen LogP contribution in [0.1, 0.15) is 233 Å². The number of hydrogen-bond donors (Lipinski definition) is 3. The Morgan fingerprint density at radius 3 is 0.922 bits per heavy atom. The van der Waals surface area contributed by atoms with Gasteiger partial charge in [0.1, 0.15) is 19.3 Å². The Kier molecular flexibility index (Phi) is 68.4. The van der Waals surface area contributed by atoms with Gasteiger partial charge in [0.05, 0.1) is 39.3 Å². The summed E-state index contributed by atoms with van der Waals surface area (Å²) in [7, 11) is -10.0. The number of hydrogen-bond acceptors (Lipinski definition) is 15. The Morgan fingerprint density at radius 1 is 0.294 bits per heavy atom. The quantitative estimate of drug-likeness (QED) is 0.0169. The van der Waals surface area contributed by atoms with Crippen LogP contribution in [-0.2, 0) is 65.4 Å². The molecule has 0 radical (unpaired) electrons. The first-order valence-electron chi connectivity index (χ1n) is 37.3. The highest BCUT2D eigenvalue weighted by Gasteiger charge is 2.30. The minimum absolute atomic E-state index is 0.0474. The molecule has 0 fully saturated rings. The summed E-state index contributed by atoms with van der Waals surface area (Å²) in [5, 5.41) is 10.6.